The number of carbonyl (C=O) groups is 1. The fraction of sp³-hybridized carbons (Fsp3) is 0.500. The molecule has 3 heteroatoms. The molecule has 0 unspecified atom stereocenters. The van der Waals surface area contributed by atoms with Crippen LogP contribution < -0.4 is 0 Å². The van der Waals surface area contributed by atoms with Gasteiger partial charge in [-0.1, -0.05) is 29.8 Å². The summed E-state index contributed by atoms with van der Waals surface area (Å²) in [6.07, 6.45) is 3.24. The van der Waals surface area contributed by atoms with Crippen molar-refractivity contribution in [1.29, 1.82) is 0 Å². The molecule has 1 fully saturated rings. The minimum Gasteiger partial charge on any atom is -0.480 e. The van der Waals surface area contributed by atoms with Gasteiger partial charge in [0.25, 0.3) is 0 Å². The van der Waals surface area contributed by atoms with Crippen LogP contribution in [-0.4, -0.2) is 35.1 Å². The average Bonchev–Trinajstić information content (AvgIpc) is 3.07. The van der Waals surface area contributed by atoms with Crippen molar-refractivity contribution in [3.05, 3.63) is 35.4 Å². The first-order valence-corrected chi connectivity index (χ1v) is 6.16. The first kappa shape index (κ1) is 12.1. The Kier molecular flexibility index (Phi) is 3.79. The number of aliphatic carboxylic acids is 1. The van der Waals surface area contributed by atoms with E-state index in [1.807, 2.05) is 0 Å². The van der Waals surface area contributed by atoms with Crippen LogP contribution in [-0.2, 0) is 11.2 Å². The summed E-state index contributed by atoms with van der Waals surface area (Å²) in [6, 6.07) is 8.93. The minimum absolute atomic E-state index is 0.177. The summed E-state index contributed by atoms with van der Waals surface area (Å²) in [5, 5.41) is 8.86. The van der Waals surface area contributed by atoms with Gasteiger partial charge in [0.15, 0.2) is 0 Å². The van der Waals surface area contributed by atoms with Crippen molar-refractivity contribution in [2.75, 3.05) is 13.1 Å². The molecule has 0 radical (unpaired) electrons. The van der Waals surface area contributed by atoms with Crippen LogP contribution in [0.3, 0.4) is 0 Å². The molecular weight excluding hydrogens is 214 g/mol. The largest absolute Gasteiger partial charge is 0.480 e. The van der Waals surface area contributed by atoms with E-state index in [-0.39, 0.29) is 6.54 Å². The van der Waals surface area contributed by atoms with Crippen LogP contribution in [0.4, 0.5) is 0 Å². The summed E-state index contributed by atoms with van der Waals surface area (Å²) in [5.74, 6) is -0.721. The monoisotopic (exact) mass is 233 g/mol. The van der Waals surface area contributed by atoms with Crippen molar-refractivity contribution in [2.24, 2.45) is 0 Å². The molecule has 0 bridgehead atoms. The van der Waals surface area contributed by atoms with E-state index in [1.54, 1.807) is 0 Å². The number of nitrogens with zero attached hydrogens (tertiary/aromatic N) is 1. The van der Waals surface area contributed by atoms with E-state index in [9.17, 15) is 4.79 Å². The summed E-state index contributed by atoms with van der Waals surface area (Å²) in [4.78, 5) is 12.9. The molecule has 0 amide bonds. The van der Waals surface area contributed by atoms with E-state index >= 15 is 0 Å². The van der Waals surface area contributed by atoms with E-state index in [4.69, 9.17) is 5.11 Å². The number of rotatable bonds is 6. The van der Waals surface area contributed by atoms with Gasteiger partial charge >= 0.3 is 5.97 Å². The third kappa shape index (κ3) is 3.86. The van der Waals surface area contributed by atoms with Gasteiger partial charge in [0, 0.05) is 12.6 Å². The first-order valence-electron chi connectivity index (χ1n) is 6.16. The first-order chi connectivity index (χ1) is 8.15. The van der Waals surface area contributed by atoms with E-state index in [1.165, 1.54) is 11.1 Å². The number of hydrogen-bond acceptors (Lipinski definition) is 2. The van der Waals surface area contributed by atoms with Crippen molar-refractivity contribution in [3.8, 4) is 0 Å². The highest BCUT2D eigenvalue weighted by atomic mass is 16.4. The molecule has 17 heavy (non-hydrogen) atoms. The maximum atomic E-state index is 10.8. The predicted octanol–water partition coefficient (Wildman–Crippen LogP) is 2.09. The second kappa shape index (κ2) is 5.32. The smallest absolute Gasteiger partial charge is 0.317 e. The molecule has 3 nitrogen and oxygen atoms in total. The Labute approximate surface area is 102 Å². The van der Waals surface area contributed by atoms with E-state index in [0.29, 0.717) is 6.04 Å². The van der Waals surface area contributed by atoms with Crippen LogP contribution >= 0.6 is 0 Å². The lowest BCUT2D eigenvalue weighted by molar-refractivity contribution is -0.138. The second-order valence-electron chi connectivity index (χ2n) is 4.83. The normalized spacial score (nSPS) is 15.2. The zero-order valence-electron chi connectivity index (χ0n) is 10.2. The molecule has 1 aromatic carbocycles. The molecule has 0 aliphatic heterocycles. The summed E-state index contributed by atoms with van der Waals surface area (Å²) in [7, 11) is 0. The van der Waals surface area contributed by atoms with Gasteiger partial charge in [-0.25, -0.2) is 0 Å². The van der Waals surface area contributed by atoms with Crippen molar-refractivity contribution in [3.63, 3.8) is 0 Å². The molecule has 2 rings (SSSR count). The molecular formula is C14H19NO2. The van der Waals surface area contributed by atoms with Gasteiger partial charge in [-0.15, -0.1) is 0 Å². The molecule has 0 saturated heterocycles. The third-order valence-corrected chi connectivity index (χ3v) is 3.17. The van der Waals surface area contributed by atoms with Crippen LogP contribution in [0.15, 0.2) is 24.3 Å². The van der Waals surface area contributed by atoms with Crippen LogP contribution in [0.2, 0.25) is 0 Å². The molecule has 1 aliphatic rings. The topological polar surface area (TPSA) is 40.5 Å². The van der Waals surface area contributed by atoms with Gasteiger partial charge < -0.3 is 5.11 Å². The molecule has 0 heterocycles. The van der Waals surface area contributed by atoms with E-state index in [0.717, 1.165) is 25.8 Å². The van der Waals surface area contributed by atoms with Gasteiger partial charge in [0.05, 0.1) is 6.54 Å². The zero-order valence-corrected chi connectivity index (χ0v) is 10.2. The summed E-state index contributed by atoms with van der Waals surface area (Å²) < 4.78 is 0. The number of aryl methyl sites for hydroxylation is 1. The fourth-order valence-corrected chi connectivity index (χ4v) is 2.14. The van der Waals surface area contributed by atoms with Gasteiger partial charge in [-0.05, 0) is 31.7 Å². The Bertz CT molecular complexity index is 399. The summed E-state index contributed by atoms with van der Waals surface area (Å²) in [5.41, 5.74) is 2.56. The standard InChI is InChI=1S/C14H19NO2/c1-11-3-2-4-12(9-11)7-8-15(10-14(16)17)13-5-6-13/h2-4,9,13H,5-8,10H2,1H3,(H,16,17). The van der Waals surface area contributed by atoms with Crippen LogP contribution in [0.1, 0.15) is 24.0 Å². The van der Waals surface area contributed by atoms with Gasteiger partial charge in [0.2, 0.25) is 0 Å². The summed E-state index contributed by atoms with van der Waals surface area (Å²) >= 11 is 0. The Morgan fingerprint density at radius 2 is 2.24 bits per heavy atom. The molecule has 1 aliphatic carbocycles. The Balaban J connectivity index is 1.88. The number of hydrogen-bond donors (Lipinski definition) is 1. The van der Waals surface area contributed by atoms with E-state index in [2.05, 4.69) is 36.1 Å². The highest BCUT2D eigenvalue weighted by Crippen LogP contribution is 2.26. The third-order valence-electron chi connectivity index (χ3n) is 3.17. The van der Waals surface area contributed by atoms with E-state index < -0.39 is 5.97 Å². The fourth-order valence-electron chi connectivity index (χ4n) is 2.14. The highest BCUT2D eigenvalue weighted by Gasteiger charge is 2.29. The maximum absolute atomic E-state index is 10.8. The average molecular weight is 233 g/mol. The Morgan fingerprint density at radius 1 is 1.47 bits per heavy atom. The molecule has 1 saturated carbocycles. The predicted molar refractivity (Wildman–Crippen MR) is 67.1 cm³/mol. The van der Waals surface area contributed by atoms with Crippen molar-refractivity contribution < 1.29 is 9.90 Å². The molecule has 1 N–H and O–H groups in total. The maximum Gasteiger partial charge on any atom is 0.317 e. The lowest BCUT2D eigenvalue weighted by atomic mass is 10.1. The van der Waals surface area contributed by atoms with Gasteiger partial charge in [-0.2, -0.15) is 0 Å². The molecule has 0 atom stereocenters. The highest BCUT2D eigenvalue weighted by molar-refractivity contribution is 5.69. The van der Waals surface area contributed by atoms with Crippen molar-refractivity contribution in [1.82, 2.24) is 4.90 Å². The summed E-state index contributed by atoms with van der Waals surface area (Å²) in [6.45, 7) is 3.11. The molecule has 0 spiro atoms. The van der Waals surface area contributed by atoms with Crippen molar-refractivity contribution in [2.45, 2.75) is 32.2 Å². The molecule has 92 valence electrons. The number of carboxylic acids is 1. The van der Waals surface area contributed by atoms with Crippen LogP contribution in [0.25, 0.3) is 0 Å². The van der Waals surface area contributed by atoms with Crippen molar-refractivity contribution >= 4 is 5.97 Å². The quantitative estimate of drug-likeness (QED) is 0.818. The Morgan fingerprint density at radius 3 is 2.82 bits per heavy atom. The second-order valence-corrected chi connectivity index (χ2v) is 4.83. The van der Waals surface area contributed by atoms with Gasteiger partial charge in [0.1, 0.15) is 0 Å². The number of benzene rings is 1. The lowest BCUT2D eigenvalue weighted by Crippen LogP contribution is -2.33. The van der Waals surface area contributed by atoms with Crippen LogP contribution in [0, 0.1) is 6.92 Å². The minimum atomic E-state index is -0.721. The lowest BCUT2D eigenvalue weighted by Gasteiger charge is -2.19. The van der Waals surface area contributed by atoms with Gasteiger partial charge in [-0.3, -0.25) is 9.69 Å². The molecule has 0 aromatic heterocycles. The molecule has 1 aromatic rings. The number of carboxylic acid groups (broad SMARTS) is 1. The Hall–Kier alpha value is -1.35. The van der Waals surface area contributed by atoms with Crippen LogP contribution in [0.5, 0.6) is 0 Å². The SMILES string of the molecule is Cc1cccc(CCN(CC(=O)O)C2CC2)c1. The zero-order chi connectivity index (χ0) is 12.3.